The second-order valence-electron chi connectivity index (χ2n) is 9.28. The molecule has 0 radical (unpaired) electrons. The van der Waals surface area contributed by atoms with Crippen molar-refractivity contribution in [3.8, 4) is 11.3 Å². The number of aryl methyl sites for hydroxylation is 2. The van der Waals surface area contributed by atoms with Crippen molar-refractivity contribution in [1.82, 2.24) is 13.7 Å². The van der Waals surface area contributed by atoms with Crippen LogP contribution in [-0.4, -0.2) is 20.3 Å². The molecule has 0 saturated carbocycles. The van der Waals surface area contributed by atoms with Crippen molar-refractivity contribution >= 4 is 10.9 Å². The van der Waals surface area contributed by atoms with Gasteiger partial charge in [0.05, 0.1) is 34.4 Å². The molecule has 1 atom stereocenters. The molecule has 5 rings (SSSR count). The standard InChI is InChI=1S/C26H27N3O3/c1-16-10-9-13-18(14-16)20-19-21(27(4)25(31)28(5)24(19)30)22-23(17-11-7-6-8-12-17)32-15-26(2,3)29(20)22/h6-14,23H,15H2,1-5H3/t23-/m1/s1. The molecule has 32 heavy (non-hydrogen) atoms. The number of benzene rings is 2. The van der Waals surface area contributed by atoms with E-state index in [0.29, 0.717) is 17.5 Å². The highest BCUT2D eigenvalue weighted by atomic mass is 16.5. The number of rotatable bonds is 2. The van der Waals surface area contributed by atoms with E-state index in [4.69, 9.17) is 4.74 Å². The molecular formula is C26H27N3O3. The third-order valence-electron chi connectivity index (χ3n) is 6.46. The molecule has 1 aliphatic heterocycles. The van der Waals surface area contributed by atoms with E-state index in [-0.39, 0.29) is 17.4 Å². The Morgan fingerprint density at radius 1 is 0.969 bits per heavy atom. The van der Waals surface area contributed by atoms with Crippen molar-refractivity contribution in [3.05, 3.63) is 92.3 Å². The fourth-order valence-electron chi connectivity index (χ4n) is 4.94. The Bertz CT molecular complexity index is 1470. The monoisotopic (exact) mass is 429 g/mol. The predicted octanol–water partition coefficient (Wildman–Crippen LogP) is 3.87. The summed E-state index contributed by atoms with van der Waals surface area (Å²) in [5.41, 5.74) is 4.33. The van der Waals surface area contributed by atoms with E-state index in [1.165, 1.54) is 11.6 Å². The Kier molecular flexibility index (Phi) is 4.53. The van der Waals surface area contributed by atoms with Crippen LogP contribution in [0.5, 0.6) is 0 Å². The lowest BCUT2D eigenvalue weighted by molar-refractivity contribution is -0.00707. The molecule has 2 aromatic carbocycles. The van der Waals surface area contributed by atoms with Crippen LogP contribution < -0.4 is 11.2 Å². The lowest BCUT2D eigenvalue weighted by Crippen LogP contribution is -2.40. The number of ether oxygens (including phenoxy) is 1. The van der Waals surface area contributed by atoms with E-state index in [9.17, 15) is 9.59 Å². The van der Waals surface area contributed by atoms with Crippen LogP contribution >= 0.6 is 0 Å². The zero-order chi connectivity index (χ0) is 22.8. The van der Waals surface area contributed by atoms with Crippen LogP contribution in [0.4, 0.5) is 0 Å². The fraction of sp³-hybridized carbons (Fsp3) is 0.308. The van der Waals surface area contributed by atoms with Crippen LogP contribution in [0, 0.1) is 6.92 Å². The molecule has 0 fully saturated rings. The minimum atomic E-state index is -0.417. The smallest absolute Gasteiger partial charge is 0.331 e. The Morgan fingerprint density at radius 3 is 2.38 bits per heavy atom. The minimum absolute atomic E-state index is 0.288. The second kappa shape index (κ2) is 7.07. The summed E-state index contributed by atoms with van der Waals surface area (Å²) < 4.78 is 11.4. The first-order valence-electron chi connectivity index (χ1n) is 10.8. The molecule has 0 unspecified atom stereocenters. The maximum Gasteiger partial charge on any atom is 0.331 e. The zero-order valence-corrected chi connectivity index (χ0v) is 19.0. The molecule has 3 heterocycles. The molecule has 164 valence electrons. The Morgan fingerprint density at radius 2 is 1.69 bits per heavy atom. The molecule has 6 nitrogen and oxygen atoms in total. The van der Waals surface area contributed by atoms with Gasteiger partial charge in [-0.05, 0) is 38.0 Å². The summed E-state index contributed by atoms with van der Waals surface area (Å²) in [6.07, 6.45) is -0.386. The van der Waals surface area contributed by atoms with E-state index in [0.717, 1.165) is 28.1 Å². The second-order valence-corrected chi connectivity index (χ2v) is 9.28. The van der Waals surface area contributed by atoms with Gasteiger partial charge in [-0.15, -0.1) is 0 Å². The van der Waals surface area contributed by atoms with Gasteiger partial charge in [0.2, 0.25) is 0 Å². The summed E-state index contributed by atoms with van der Waals surface area (Å²) in [5.74, 6) is 0. The van der Waals surface area contributed by atoms with Gasteiger partial charge in [0.1, 0.15) is 6.10 Å². The molecule has 0 aliphatic carbocycles. The van der Waals surface area contributed by atoms with Gasteiger partial charge >= 0.3 is 5.69 Å². The van der Waals surface area contributed by atoms with Crippen molar-refractivity contribution in [2.45, 2.75) is 32.4 Å². The summed E-state index contributed by atoms with van der Waals surface area (Å²) in [6, 6.07) is 18.1. The van der Waals surface area contributed by atoms with Crippen molar-refractivity contribution in [3.63, 3.8) is 0 Å². The molecule has 0 spiro atoms. The van der Waals surface area contributed by atoms with Gasteiger partial charge in [0, 0.05) is 14.1 Å². The van der Waals surface area contributed by atoms with Gasteiger partial charge in [-0.1, -0.05) is 54.1 Å². The predicted molar refractivity (Wildman–Crippen MR) is 126 cm³/mol. The summed E-state index contributed by atoms with van der Waals surface area (Å²) in [7, 11) is 3.27. The highest BCUT2D eigenvalue weighted by Gasteiger charge is 2.40. The summed E-state index contributed by atoms with van der Waals surface area (Å²) in [4.78, 5) is 26.5. The Hall–Kier alpha value is -3.38. The van der Waals surface area contributed by atoms with E-state index in [2.05, 4.69) is 24.5 Å². The third-order valence-corrected chi connectivity index (χ3v) is 6.46. The van der Waals surface area contributed by atoms with Crippen LogP contribution in [0.15, 0.2) is 64.2 Å². The lowest BCUT2D eigenvalue weighted by atomic mass is 9.98. The van der Waals surface area contributed by atoms with Crippen molar-refractivity contribution < 1.29 is 4.74 Å². The first kappa shape index (κ1) is 20.5. The maximum atomic E-state index is 13.5. The third kappa shape index (κ3) is 2.83. The molecule has 0 N–H and O–H groups in total. The van der Waals surface area contributed by atoms with Crippen LogP contribution in [0.1, 0.15) is 36.8 Å². The van der Waals surface area contributed by atoms with Crippen molar-refractivity contribution in [1.29, 1.82) is 0 Å². The molecule has 0 saturated heterocycles. The van der Waals surface area contributed by atoms with E-state index in [1.807, 2.05) is 55.5 Å². The SMILES string of the molecule is Cc1cccc(-c2c3c(=O)n(C)c(=O)n(C)c3c3n2C(C)(C)CO[C@@H]3c2ccccc2)c1. The van der Waals surface area contributed by atoms with Gasteiger partial charge < -0.3 is 9.30 Å². The van der Waals surface area contributed by atoms with Crippen molar-refractivity contribution in [2.24, 2.45) is 14.1 Å². The normalized spacial score (nSPS) is 17.5. The number of hydrogen-bond donors (Lipinski definition) is 0. The summed E-state index contributed by atoms with van der Waals surface area (Å²) in [5, 5.41) is 0.551. The van der Waals surface area contributed by atoms with E-state index < -0.39 is 5.54 Å². The topological polar surface area (TPSA) is 58.2 Å². The zero-order valence-electron chi connectivity index (χ0n) is 19.0. The molecular weight excluding hydrogens is 402 g/mol. The molecule has 0 amide bonds. The molecule has 4 aromatic rings. The average Bonchev–Trinajstić information content (AvgIpc) is 3.14. The fourth-order valence-corrected chi connectivity index (χ4v) is 4.94. The summed E-state index contributed by atoms with van der Waals surface area (Å²) in [6.45, 7) is 6.74. The number of hydrogen-bond acceptors (Lipinski definition) is 3. The van der Waals surface area contributed by atoms with Gasteiger partial charge in [-0.3, -0.25) is 13.9 Å². The van der Waals surface area contributed by atoms with Gasteiger partial charge in [-0.25, -0.2) is 4.79 Å². The van der Waals surface area contributed by atoms with Crippen LogP contribution in [0.3, 0.4) is 0 Å². The van der Waals surface area contributed by atoms with Gasteiger partial charge in [0.25, 0.3) is 5.56 Å². The first-order chi connectivity index (χ1) is 15.2. The summed E-state index contributed by atoms with van der Waals surface area (Å²) >= 11 is 0. The maximum absolute atomic E-state index is 13.5. The first-order valence-corrected chi connectivity index (χ1v) is 10.8. The van der Waals surface area contributed by atoms with Crippen LogP contribution in [-0.2, 0) is 24.4 Å². The van der Waals surface area contributed by atoms with Crippen molar-refractivity contribution in [2.75, 3.05) is 6.61 Å². The largest absolute Gasteiger partial charge is 0.365 e. The van der Waals surface area contributed by atoms with Gasteiger partial charge in [-0.2, -0.15) is 0 Å². The molecule has 6 heteroatoms. The highest BCUT2D eigenvalue weighted by Crippen LogP contribution is 2.45. The number of nitrogens with zero attached hydrogens (tertiary/aromatic N) is 3. The Balaban J connectivity index is 2.04. The highest BCUT2D eigenvalue weighted by molar-refractivity contribution is 5.97. The quantitative estimate of drug-likeness (QED) is 0.486. The Labute approximate surface area is 186 Å². The number of aromatic nitrogens is 3. The van der Waals surface area contributed by atoms with E-state index >= 15 is 0 Å². The van der Waals surface area contributed by atoms with Gasteiger partial charge in [0.15, 0.2) is 0 Å². The lowest BCUT2D eigenvalue weighted by Gasteiger charge is -2.39. The average molecular weight is 430 g/mol. The van der Waals surface area contributed by atoms with E-state index in [1.54, 1.807) is 11.6 Å². The molecule has 1 aliphatic rings. The molecule has 0 bridgehead atoms. The minimum Gasteiger partial charge on any atom is -0.365 e. The molecule has 2 aromatic heterocycles. The van der Waals surface area contributed by atoms with Crippen LogP contribution in [0.25, 0.3) is 22.2 Å². The van der Waals surface area contributed by atoms with Crippen LogP contribution in [0.2, 0.25) is 0 Å². The number of fused-ring (bicyclic) bond motifs is 3.